The Morgan fingerprint density at radius 3 is 2.55 bits per heavy atom. The summed E-state index contributed by atoms with van der Waals surface area (Å²) in [5, 5.41) is 13.5. The van der Waals surface area contributed by atoms with E-state index >= 15 is 0 Å². The van der Waals surface area contributed by atoms with Crippen LogP contribution in [0, 0.1) is 0 Å². The summed E-state index contributed by atoms with van der Waals surface area (Å²) in [6, 6.07) is 4.12. The minimum atomic E-state index is -1.03. The Labute approximate surface area is 125 Å². The summed E-state index contributed by atoms with van der Waals surface area (Å²) in [5.41, 5.74) is 3.31. The number of nitrogens with one attached hydrogen (secondary N) is 2. The van der Waals surface area contributed by atoms with Gasteiger partial charge in [0.1, 0.15) is 0 Å². The molecule has 0 saturated carbocycles. The van der Waals surface area contributed by atoms with E-state index in [-0.39, 0.29) is 11.6 Å². The quantitative estimate of drug-likeness (QED) is 0.789. The van der Waals surface area contributed by atoms with Crippen molar-refractivity contribution >= 4 is 33.6 Å². The van der Waals surface area contributed by atoms with Gasteiger partial charge in [-0.3, -0.25) is 5.43 Å². The minimum Gasteiger partial charge on any atom is -0.478 e. The molecule has 1 heterocycles. The highest BCUT2D eigenvalue weighted by molar-refractivity contribution is 9.10. The molecule has 0 bridgehead atoms. The van der Waals surface area contributed by atoms with Gasteiger partial charge >= 0.3 is 12.0 Å². The van der Waals surface area contributed by atoms with Gasteiger partial charge in [0.15, 0.2) is 0 Å². The first-order valence-electron chi connectivity index (χ1n) is 6.41. The lowest BCUT2D eigenvalue weighted by Gasteiger charge is -2.26. The number of anilines is 1. The number of hydrazine groups is 1. The summed E-state index contributed by atoms with van der Waals surface area (Å²) in [5.74, 6) is -1.03. The van der Waals surface area contributed by atoms with Gasteiger partial charge in [0.05, 0.1) is 11.3 Å². The summed E-state index contributed by atoms with van der Waals surface area (Å²) < 4.78 is 0.635. The normalized spacial score (nSPS) is 15.7. The topological polar surface area (TPSA) is 81.7 Å². The van der Waals surface area contributed by atoms with E-state index in [9.17, 15) is 9.59 Å². The molecule has 0 spiro atoms. The van der Waals surface area contributed by atoms with Crippen molar-refractivity contribution in [2.45, 2.75) is 19.3 Å². The second-order valence-corrected chi connectivity index (χ2v) is 5.47. The van der Waals surface area contributed by atoms with Gasteiger partial charge in [0.2, 0.25) is 0 Å². The van der Waals surface area contributed by atoms with Crippen molar-refractivity contribution in [3.63, 3.8) is 0 Å². The van der Waals surface area contributed by atoms with Crippen LogP contribution in [0.3, 0.4) is 0 Å². The van der Waals surface area contributed by atoms with Gasteiger partial charge in [0.25, 0.3) is 0 Å². The molecule has 2 amide bonds. The number of nitrogens with zero attached hydrogens (tertiary/aromatic N) is 1. The van der Waals surface area contributed by atoms with Crippen LogP contribution in [-0.2, 0) is 0 Å². The summed E-state index contributed by atoms with van der Waals surface area (Å²) in [6.07, 6.45) is 3.32. The summed E-state index contributed by atoms with van der Waals surface area (Å²) in [7, 11) is 0. The molecule has 20 heavy (non-hydrogen) atoms. The predicted octanol–water partition coefficient (Wildman–Crippen LogP) is 2.67. The van der Waals surface area contributed by atoms with Gasteiger partial charge in [-0.05, 0) is 47.0 Å². The number of rotatable bonds is 3. The Morgan fingerprint density at radius 1 is 1.20 bits per heavy atom. The molecule has 3 N–H and O–H groups in total. The van der Waals surface area contributed by atoms with E-state index in [4.69, 9.17) is 5.11 Å². The van der Waals surface area contributed by atoms with Gasteiger partial charge in [-0.25, -0.2) is 14.6 Å². The molecule has 0 aliphatic carbocycles. The highest BCUT2D eigenvalue weighted by atomic mass is 79.9. The van der Waals surface area contributed by atoms with Crippen LogP contribution in [0.4, 0.5) is 10.5 Å². The molecule has 1 aromatic carbocycles. The van der Waals surface area contributed by atoms with Crippen LogP contribution in [0.25, 0.3) is 0 Å². The van der Waals surface area contributed by atoms with E-state index < -0.39 is 5.97 Å². The maximum atomic E-state index is 11.9. The van der Waals surface area contributed by atoms with E-state index in [0.717, 1.165) is 25.9 Å². The number of hydrogen-bond donors (Lipinski definition) is 3. The molecule has 6 nitrogen and oxygen atoms in total. The molecule has 1 aliphatic rings. The third-order valence-corrected chi connectivity index (χ3v) is 3.77. The van der Waals surface area contributed by atoms with Crippen molar-refractivity contribution in [1.29, 1.82) is 0 Å². The zero-order valence-electron chi connectivity index (χ0n) is 10.9. The molecule has 1 aliphatic heterocycles. The number of urea groups is 1. The summed E-state index contributed by atoms with van der Waals surface area (Å²) >= 11 is 3.28. The Kier molecular flexibility index (Phi) is 4.97. The molecule has 0 aromatic heterocycles. The lowest BCUT2D eigenvalue weighted by molar-refractivity contribution is 0.0697. The van der Waals surface area contributed by atoms with Gasteiger partial charge < -0.3 is 10.4 Å². The molecular formula is C13H16BrN3O3. The van der Waals surface area contributed by atoms with Gasteiger partial charge in [-0.15, -0.1) is 0 Å². The number of halogens is 1. The third-order valence-electron chi connectivity index (χ3n) is 3.08. The van der Waals surface area contributed by atoms with E-state index in [0.29, 0.717) is 10.2 Å². The average Bonchev–Trinajstić information content (AvgIpc) is 2.42. The number of carboxylic acid groups (broad SMARTS) is 1. The first-order valence-corrected chi connectivity index (χ1v) is 7.21. The molecule has 0 unspecified atom stereocenters. The largest absolute Gasteiger partial charge is 0.478 e. The van der Waals surface area contributed by atoms with Crippen LogP contribution < -0.4 is 10.7 Å². The first-order chi connectivity index (χ1) is 9.56. The van der Waals surface area contributed by atoms with E-state index in [1.807, 2.05) is 5.01 Å². The standard InChI is InChI=1S/C13H16BrN3O3/c14-10-5-4-9(12(18)19)8-11(10)15-13(20)16-17-6-2-1-3-7-17/h4-5,8H,1-3,6-7H2,(H,18,19)(H2,15,16,20). The molecule has 0 radical (unpaired) electrons. The fourth-order valence-corrected chi connectivity index (χ4v) is 2.40. The Hall–Kier alpha value is -1.60. The molecule has 0 atom stereocenters. The molecule has 7 heteroatoms. The maximum absolute atomic E-state index is 11.9. The van der Waals surface area contributed by atoms with Crippen molar-refractivity contribution in [2.24, 2.45) is 0 Å². The second kappa shape index (κ2) is 6.71. The number of benzene rings is 1. The Morgan fingerprint density at radius 2 is 1.90 bits per heavy atom. The summed E-state index contributed by atoms with van der Waals surface area (Å²) in [4.78, 5) is 22.8. The smallest absolute Gasteiger partial charge is 0.335 e. The highest BCUT2D eigenvalue weighted by Crippen LogP contribution is 2.23. The molecule has 2 rings (SSSR count). The lowest BCUT2D eigenvalue weighted by atomic mass is 10.2. The van der Waals surface area contributed by atoms with Crippen molar-refractivity contribution in [3.8, 4) is 0 Å². The predicted molar refractivity (Wildman–Crippen MR) is 78.7 cm³/mol. The number of carboxylic acids is 1. The Balaban J connectivity index is 1.99. The lowest BCUT2D eigenvalue weighted by Crippen LogP contribution is -2.46. The van der Waals surface area contributed by atoms with E-state index in [2.05, 4.69) is 26.7 Å². The minimum absolute atomic E-state index is 0.126. The third kappa shape index (κ3) is 3.94. The van der Waals surface area contributed by atoms with Crippen LogP contribution in [0.15, 0.2) is 22.7 Å². The maximum Gasteiger partial charge on any atom is 0.335 e. The second-order valence-electron chi connectivity index (χ2n) is 4.61. The van der Waals surface area contributed by atoms with Crippen molar-refractivity contribution in [2.75, 3.05) is 18.4 Å². The molecular weight excluding hydrogens is 326 g/mol. The molecule has 1 aromatic rings. The first kappa shape index (κ1) is 14.8. The van der Waals surface area contributed by atoms with Gasteiger partial charge in [-0.1, -0.05) is 6.42 Å². The fraction of sp³-hybridized carbons (Fsp3) is 0.385. The van der Waals surface area contributed by atoms with E-state index in [1.165, 1.54) is 18.6 Å². The number of piperidine rings is 1. The number of hydrogen-bond acceptors (Lipinski definition) is 3. The fourth-order valence-electron chi connectivity index (χ4n) is 2.05. The van der Waals surface area contributed by atoms with Crippen LogP contribution in [0.5, 0.6) is 0 Å². The monoisotopic (exact) mass is 341 g/mol. The zero-order chi connectivity index (χ0) is 14.5. The van der Waals surface area contributed by atoms with Gasteiger partial charge in [-0.2, -0.15) is 0 Å². The molecule has 108 valence electrons. The molecule has 1 fully saturated rings. The molecule has 1 saturated heterocycles. The van der Waals surface area contributed by atoms with Crippen LogP contribution >= 0.6 is 15.9 Å². The van der Waals surface area contributed by atoms with Crippen molar-refractivity contribution in [1.82, 2.24) is 10.4 Å². The number of carbonyl (C=O) groups is 2. The highest BCUT2D eigenvalue weighted by Gasteiger charge is 2.14. The number of amides is 2. The van der Waals surface area contributed by atoms with Crippen molar-refractivity contribution in [3.05, 3.63) is 28.2 Å². The summed E-state index contributed by atoms with van der Waals surface area (Å²) in [6.45, 7) is 1.67. The van der Waals surface area contributed by atoms with E-state index in [1.54, 1.807) is 6.07 Å². The van der Waals surface area contributed by atoms with Crippen molar-refractivity contribution < 1.29 is 14.7 Å². The van der Waals surface area contributed by atoms with Crippen LogP contribution in [0.1, 0.15) is 29.6 Å². The average molecular weight is 342 g/mol. The van der Waals surface area contributed by atoms with Gasteiger partial charge in [0, 0.05) is 17.6 Å². The SMILES string of the molecule is O=C(Nc1cc(C(=O)O)ccc1Br)NN1CCCCC1. The number of aromatic carboxylic acids is 1. The van der Waals surface area contributed by atoms with Crippen LogP contribution in [-0.4, -0.2) is 35.2 Å². The Bertz CT molecular complexity index is 516. The number of carbonyl (C=O) groups excluding carboxylic acids is 1. The zero-order valence-corrected chi connectivity index (χ0v) is 12.4. The van der Waals surface area contributed by atoms with Crippen LogP contribution in [0.2, 0.25) is 0 Å².